The Hall–Kier alpha value is -2.53. The van der Waals surface area contributed by atoms with Gasteiger partial charge in [0.05, 0.1) is 17.4 Å². The van der Waals surface area contributed by atoms with E-state index >= 15 is 0 Å². The van der Waals surface area contributed by atoms with Gasteiger partial charge in [0.15, 0.2) is 5.65 Å². The fourth-order valence-corrected chi connectivity index (χ4v) is 2.65. The minimum Gasteiger partial charge on any atom is -0.256 e. The summed E-state index contributed by atoms with van der Waals surface area (Å²) in [6.07, 6.45) is 3.72. The third-order valence-corrected chi connectivity index (χ3v) is 3.77. The van der Waals surface area contributed by atoms with Crippen molar-refractivity contribution < 1.29 is 4.39 Å². The molecule has 0 aliphatic rings. The molecule has 0 radical (unpaired) electrons. The highest BCUT2D eigenvalue weighted by Gasteiger charge is 2.12. The molecule has 4 nitrogen and oxygen atoms in total. The molecule has 1 aromatic carbocycles. The SMILES string of the molecule is Fc1c(Cc2cnc3ccc(Cl)nn23)ccc2ncccc12. The van der Waals surface area contributed by atoms with E-state index in [0.717, 1.165) is 5.69 Å². The van der Waals surface area contributed by atoms with Crippen molar-refractivity contribution in [2.75, 3.05) is 0 Å². The minimum absolute atomic E-state index is 0.262. The average Bonchev–Trinajstić information content (AvgIpc) is 2.92. The van der Waals surface area contributed by atoms with Gasteiger partial charge in [-0.3, -0.25) is 4.98 Å². The Morgan fingerprint density at radius 1 is 1.09 bits per heavy atom. The standard InChI is InChI=1S/C16H10ClFN4/c17-14-5-6-15-20-9-11(22(15)21-14)8-10-3-4-13-12(16(10)18)2-1-7-19-13/h1-7,9H,8H2. The van der Waals surface area contributed by atoms with Crippen LogP contribution in [0, 0.1) is 5.82 Å². The van der Waals surface area contributed by atoms with Crippen molar-refractivity contribution in [3.05, 3.63) is 71.0 Å². The number of halogens is 2. The van der Waals surface area contributed by atoms with E-state index in [1.54, 1.807) is 47.2 Å². The van der Waals surface area contributed by atoms with Crippen LogP contribution in [0.25, 0.3) is 16.6 Å². The van der Waals surface area contributed by atoms with Gasteiger partial charge in [0, 0.05) is 18.0 Å². The van der Waals surface area contributed by atoms with Gasteiger partial charge in [-0.05, 0) is 35.9 Å². The van der Waals surface area contributed by atoms with Gasteiger partial charge >= 0.3 is 0 Å². The number of pyridine rings is 1. The Labute approximate surface area is 130 Å². The molecule has 3 aromatic heterocycles. The lowest BCUT2D eigenvalue weighted by Gasteiger charge is -2.06. The number of hydrogen-bond acceptors (Lipinski definition) is 3. The van der Waals surface area contributed by atoms with Crippen LogP contribution < -0.4 is 0 Å². The summed E-state index contributed by atoms with van der Waals surface area (Å²) in [5.74, 6) is -0.262. The lowest BCUT2D eigenvalue weighted by atomic mass is 10.1. The Bertz CT molecular complexity index is 996. The number of imidazole rings is 1. The summed E-state index contributed by atoms with van der Waals surface area (Å²) in [5, 5.41) is 5.09. The predicted octanol–water partition coefficient (Wildman–Crippen LogP) is 3.66. The van der Waals surface area contributed by atoms with Gasteiger partial charge in [0.25, 0.3) is 0 Å². The largest absolute Gasteiger partial charge is 0.256 e. The van der Waals surface area contributed by atoms with E-state index in [1.807, 2.05) is 6.07 Å². The molecule has 0 saturated carbocycles. The van der Waals surface area contributed by atoms with Crippen molar-refractivity contribution in [2.45, 2.75) is 6.42 Å². The summed E-state index contributed by atoms with van der Waals surface area (Å²) in [6.45, 7) is 0. The first-order chi connectivity index (χ1) is 10.7. The molecule has 3 heterocycles. The molecule has 0 atom stereocenters. The molecule has 0 aliphatic carbocycles. The van der Waals surface area contributed by atoms with E-state index < -0.39 is 0 Å². The van der Waals surface area contributed by atoms with Crippen LogP contribution in [-0.2, 0) is 6.42 Å². The zero-order valence-electron chi connectivity index (χ0n) is 11.4. The third-order valence-electron chi connectivity index (χ3n) is 3.57. The first-order valence-electron chi connectivity index (χ1n) is 6.73. The zero-order chi connectivity index (χ0) is 15.1. The van der Waals surface area contributed by atoms with E-state index in [9.17, 15) is 4.39 Å². The molecule has 0 fully saturated rings. The molecule has 22 heavy (non-hydrogen) atoms. The van der Waals surface area contributed by atoms with Crippen molar-refractivity contribution in [1.29, 1.82) is 0 Å². The van der Waals surface area contributed by atoms with E-state index in [-0.39, 0.29) is 5.82 Å². The van der Waals surface area contributed by atoms with Crippen LogP contribution in [0.5, 0.6) is 0 Å². The molecule has 4 rings (SSSR count). The zero-order valence-corrected chi connectivity index (χ0v) is 12.1. The van der Waals surface area contributed by atoms with E-state index in [0.29, 0.717) is 33.7 Å². The van der Waals surface area contributed by atoms with Gasteiger partial charge in [-0.25, -0.2) is 13.9 Å². The number of aromatic nitrogens is 4. The summed E-state index contributed by atoms with van der Waals surface area (Å²) in [7, 11) is 0. The van der Waals surface area contributed by atoms with Crippen LogP contribution >= 0.6 is 11.6 Å². The summed E-state index contributed by atoms with van der Waals surface area (Å²) in [6, 6.07) is 10.5. The molecular weight excluding hydrogens is 303 g/mol. The third kappa shape index (κ3) is 2.10. The topological polar surface area (TPSA) is 43.1 Å². The smallest absolute Gasteiger partial charge is 0.153 e. The van der Waals surface area contributed by atoms with Crippen LogP contribution in [0.3, 0.4) is 0 Å². The maximum absolute atomic E-state index is 14.6. The van der Waals surface area contributed by atoms with Gasteiger partial charge < -0.3 is 0 Å². The lowest BCUT2D eigenvalue weighted by molar-refractivity contribution is 0.624. The molecule has 0 bridgehead atoms. The van der Waals surface area contributed by atoms with Gasteiger partial charge in [-0.15, -0.1) is 0 Å². The van der Waals surface area contributed by atoms with Gasteiger partial charge in [0.1, 0.15) is 11.0 Å². The molecule has 108 valence electrons. The molecule has 6 heteroatoms. The summed E-state index contributed by atoms with van der Waals surface area (Å²) in [4.78, 5) is 8.41. The van der Waals surface area contributed by atoms with Crippen LogP contribution in [0.4, 0.5) is 4.39 Å². The summed E-state index contributed by atoms with van der Waals surface area (Å²) < 4.78 is 16.3. The molecule has 0 aliphatic heterocycles. The Kier molecular flexibility index (Phi) is 3.01. The fraction of sp³-hybridized carbons (Fsp3) is 0.0625. The quantitative estimate of drug-likeness (QED) is 0.567. The molecule has 0 saturated heterocycles. The normalized spacial score (nSPS) is 11.4. The fourth-order valence-electron chi connectivity index (χ4n) is 2.51. The highest BCUT2D eigenvalue weighted by molar-refractivity contribution is 6.29. The molecule has 4 aromatic rings. The highest BCUT2D eigenvalue weighted by atomic mass is 35.5. The van der Waals surface area contributed by atoms with Crippen molar-refractivity contribution in [2.24, 2.45) is 0 Å². The number of fused-ring (bicyclic) bond motifs is 2. The van der Waals surface area contributed by atoms with Gasteiger partial charge in [-0.1, -0.05) is 17.7 Å². The number of nitrogens with zero attached hydrogens (tertiary/aromatic N) is 4. The summed E-state index contributed by atoms with van der Waals surface area (Å²) >= 11 is 5.92. The molecular formula is C16H10ClFN4. The molecule has 0 N–H and O–H groups in total. The summed E-state index contributed by atoms with van der Waals surface area (Å²) in [5.41, 5.74) is 2.68. The average molecular weight is 313 g/mol. The second-order valence-corrected chi connectivity index (χ2v) is 5.35. The first-order valence-corrected chi connectivity index (χ1v) is 7.11. The second kappa shape index (κ2) is 5.03. The molecule has 0 unspecified atom stereocenters. The number of hydrogen-bond donors (Lipinski definition) is 0. The van der Waals surface area contributed by atoms with E-state index in [1.165, 1.54) is 0 Å². The molecule has 0 amide bonds. The van der Waals surface area contributed by atoms with Crippen LogP contribution in [-0.4, -0.2) is 19.6 Å². The number of benzene rings is 1. The van der Waals surface area contributed by atoms with E-state index in [2.05, 4.69) is 15.1 Å². The Balaban J connectivity index is 1.82. The van der Waals surface area contributed by atoms with Crippen molar-refractivity contribution >= 4 is 28.2 Å². The maximum Gasteiger partial charge on any atom is 0.153 e. The predicted molar refractivity (Wildman–Crippen MR) is 82.5 cm³/mol. The van der Waals surface area contributed by atoms with Crippen molar-refractivity contribution in [3.8, 4) is 0 Å². The van der Waals surface area contributed by atoms with Crippen molar-refractivity contribution in [3.63, 3.8) is 0 Å². The van der Waals surface area contributed by atoms with Gasteiger partial charge in [-0.2, -0.15) is 5.10 Å². The van der Waals surface area contributed by atoms with Gasteiger partial charge in [0.2, 0.25) is 0 Å². The van der Waals surface area contributed by atoms with Crippen LogP contribution in [0.2, 0.25) is 5.15 Å². The van der Waals surface area contributed by atoms with Crippen LogP contribution in [0.1, 0.15) is 11.3 Å². The first kappa shape index (κ1) is 13.2. The van der Waals surface area contributed by atoms with Crippen molar-refractivity contribution in [1.82, 2.24) is 19.6 Å². The Morgan fingerprint density at radius 3 is 2.91 bits per heavy atom. The van der Waals surface area contributed by atoms with Crippen LogP contribution in [0.15, 0.2) is 48.8 Å². The number of rotatable bonds is 2. The Morgan fingerprint density at radius 2 is 2.00 bits per heavy atom. The highest BCUT2D eigenvalue weighted by Crippen LogP contribution is 2.22. The maximum atomic E-state index is 14.6. The second-order valence-electron chi connectivity index (χ2n) is 4.96. The molecule has 0 spiro atoms. The monoisotopic (exact) mass is 312 g/mol. The lowest BCUT2D eigenvalue weighted by Crippen LogP contribution is -2.01. The van der Waals surface area contributed by atoms with E-state index in [4.69, 9.17) is 11.6 Å². The minimum atomic E-state index is -0.262.